The molecule has 146 valence electrons. The zero-order chi connectivity index (χ0) is 19.2. The third-order valence-corrected chi connectivity index (χ3v) is 6.17. The maximum absolute atomic E-state index is 12.6. The van der Waals surface area contributed by atoms with Gasteiger partial charge in [-0.1, -0.05) is 12.1 Å². The van der Waals surface area contributed by atoms with Crippen LogP contribution in [0.25, 0.3) is 0 Å². The number of rotatable bonds is 7. The van der Waals surface area contributed by atoms with Crippen molar-refractivity contribution in [2.75, 3.05) is 26.2 Å². The lowest BCUT2D eigenvalue weighted by Crippen LogP contribution is -2.39. The van der Waals surface area contributed by atoms with E-state index in [4.69, 9.17) is 4.52 Å². The molecule has 1 N–H and O–H groups in total. The molecule has 1 fully saturated rings. The highest BCUT2D eigenvalue weighted by Crippen LogP contribution is 2.27. The minimum absolute atomic E-state index is 0.0604. The lowest BCUT2D eigenvalue weighted by molar-refractivity contribution is 0.0941. The number of hydrogen-bond donors (Lipinski definition) is 1. The van der Waals surface area contributed by atoms with E-state index in [2.05, 4.69) is 27.3 Å². The molecule has 7 heteroatoms. The summed E-state index contributed by atoms with van der Waals surface area (Å²) in [5.74, 6) is 2.26. The van der Waals surface area contributed by atoms with Crippen LogP contribution in [0.2, 0.25) is 0 Å². The molecule has 0 aliphatic carbocycles. The Morgan fingerprint density at radius 3 is 2.85 bits per heavy atom. The van der Waals surface area contributed by atoms with Crippen LogP contribution in [0.3, 0.4) is 0 Å². The fraction of sp³-hybridized carbons (Fsp3) is 0.550. The number of hydrogen-bond acceptors (Lipinski definition) is 6. The monoisotopic (exact) mass is 388 g/mol. The van der Waals surface area contributed by atoms with Crippen LogP contribution in [-0.4, -0.2) is 47.1 Å². The smallest absolute Gasteiger partial charge is 0.254 e. The molecule has 1 saturated heterocycles. The predicted molar refractivity (Wildman–Crippen MR) is 107 cm³/mol. The number of amides is 1. The quantitative estimate of drug-likeness (QED) is 0.733. The van der Waals surface area contributed by atoms with Gasteiger partial charge in [0.25, 0.3) is 5.91 Å². The average Bonchev–Trinajstić information content (AvgIpc) is 2.99. The molecule has 2 aromatic heterocycles. The van der Waals surface area contributed by atoms with Crippen LogP contribution in [0, 0.1) is 19.8 Å². The van der Waals surface area contributed by atoms with E-state index in [-0.39, 0.29) is 5.91 Å². The summed E-state index contributed by atoms with van der Waals surface area (Å²) in [6.07, 6.45) is 4.22. The van der Waals surface area contributed by atoms with Gasteiger partial charge in [0.05, 0.1) is 11.3 Å². The third-order valence-electron chi connectivity index (χ3n) is 5.14. The number of nitrogens with one attached hydrogen (secondary N) is 1. The van der Waals surface area contributed by atoms with Crippen LogP contribution in [0.1, 0.15) is 47.1 Å². The fourth-order valence-corrected chi connectivity index (χ4v) is 4.38. The highest BCUT2D eigenvalue weighted by Gasteiger charge is 2.17. The SMILES string of the molecule is Cc1noc(C)c1CSc1ncccc1C(=O)NCCN1CCC(C)CC1. The van der Waals surface area contributed by atoms with Gasteiger partial charge in [-0.2, -0.15) is 0 Å². The number of nitrogens with zero attached hydrogens (tertiary/aromatic N) is 3. The molecule has 1 aliphatic rings. The van der Waals surface area contributed by atoms with Gasteiger partial charge in [0.2, 0.25) is 0 Å². The molecule has 6 nitrogen and oxygen atoms in total. The molecule has 3 heterocycles. The van der Waals surface area contributed by atoms with Crippen LogP contribution in [0.5, 0.6) is 0 Å². The second kappa shape index (κ2) is 9.37. The van der Waals surface area contributed by atoms with E-state index in [1.807, 2.05) is 19.9 Å². The van der Waals surface area contributed by atoms with Crippen LogP contribution in [0.15, 0.2) is 27.9 Å². The standard InChI is InChI=1S/C20H28N4O2S/c1-14-6-10-24(11-7-14)12-9-21-19(25)17-5-4-8-22-20(17)27-13-18-15(2)23-26-16(18)3/h4-5,8,14H,6-7,9-13H2,1-3H3,(H,21,25). The second-order valence-corrected chi connectivity index (χ2v) is 8.19. The van der Waals surface area contributed by atoms with E-state index < -0.39 is 0 Å². The molecule has 0 saturated carbocycles. The average molecular weight is 389 g/mol. The van der Waals surface area contributed by atoms with E-state index in [0.717, 1.165) is 47.6 Å². The zero-order valence-electron chi connectivity index (χ0n) is 16.3. The number of carbonyl (C=O) groups excluding carboxylic acids is 1. The Morgan fingerprint density at radius 2 is 2.15 bits per heavy atom. The minimum Gasteiger partial charge on any atom is -0.361 e. The first-order chi connectivity index (χ1) is 13.0. The van der Waals surface area contributed by atoms with E-state index in [1.165, 1.54) is 12.8 Å². The van der Waals surface area contributed by atoms with Gasteiger partial charge < -0.3 is 14.7 Å². The normalized spacial score (nSPS) is 15.8. The maximum Gasteiger partial charge on any atom is 0.254 e. The van der Waals surface area contributed by atoms with Crippen molar-refractivity contribution in [2.45, 2.75) is 44.4 Å². The Kier molecular flexibility index (Phi) is 6.90. The van der Waals surface area contributed by atoms with Crippen molar-refractivity contribution >= 4 is 17.7 Å². The highest BCUT2D eigenvalue weighted by atomic mass is 32.2. The second-order valence-electron chi connectivity index (χ2n) is 7.23. The van der Waals surface area contributed by atoms with E-state index in [9.17, 15) is 4.79 Å². The fourth-order valence-electron chi connectivity index (χ4n) is 3.24. The largest absolute Gasteiger partial charge is 0.361 e. The lowest BCUT2D eigenvalue weighted by atomic mass is 9.99. The summed E-state index contributed by atoms with van der Waals surface area (Å²) in [5.41, 5.74) is 2.58. The van der Waals surface area contributed by atoms with Gasteiger partial charge >= 0.3 is 0 Å². The molecule has 0 bridgehead atoms. The molecule has 0 unspecified atom stereocenters. The van der Waals surface area contributed by atoms with Gasteiger partial charge in [-0.25, -0.2) is 4.98 Å². The maximum atomic E-state index is 12.6. The van der Waals surface area contributed by atoms with Crippen molar-refractivity contribution in [2.24, 2.45) is 5.92 Å². The molecule has 0 aromatic carbocycles. The Balaban J connectivity index is 1.54. The lowest BCUT2D eigenvalue weighted by Gasteiger charge is -2.30. The molecular formula is C20H28N4O2S. The molecule has 27 heavy (non-hydrogen) atoms. The molecule has 0 radical (unpaired) electrons. The summed E-state index contributed by atoms with van der Waals surface area (Å²) in [4.78, 5) is 19.5. The Hall–Kier alpha value is -1.86. The van der Waals surface area contributed by atoms with Gasteiger partial charge in [0.15, 0.2) is 0 Å². The van der Waals surface area contributed by atoms with E-state index >= 15 is 0 Å². The minimum atomic E-state index is -0.0604. The molecule has 0 atom stereocenters. The third kappa shape index (κ3) is 5.32. The Labute approximate surface area is 165 Å². The molecule has 1 aliphatic heterocycles. The van der Waals surface area contributed by atoms with Crippen LogP contribution >= 0.6 is 11.8 Å². The van der Waals surface area contributed by atoms with Crippen molar-refractivity contribution in [3.63, 3.8) is 0 Å². The summed E-state index contributed by atoms with van der Waals surface area (Å²) in [6.45, 7) is 9.97. The van der Waals surface area contributed by atoms with Crippen molar-refractivity contribution < 1.29 is 9.32 Å². The summed E-state index contributed by atoms with van der Waals surface area (Å²) in [5, 5.41) is 7.77. The van der Waals surface area contributed by atoms with Crippen LogP contribution in [0.4, 0.5) is 0 Å². The Bertz CT molecular complexity index is 750. The predicted octanol–water partition coefficient (Wildman–Crippen LogP) is 3.44. The molecule has 0 spiro atoms. The van der Waals surface area contributed by atoms with Gasteiger partial charge in [0, 0.05) is 30.6 Å². The first-order valence-corrected chi connectivity index (χ1v) is 10.5. The van der Waals surface area contributed by atoms with Crippen molar-refractivity contribution in [1.29, 1.82) is 0 Å². The number of aryl methyl sites for hydroxylation is 2. The molecule has 1 amide bonds. The number of pyridine rings is 1. The van der Waals surface area contributed by atoms with Crippen LogP contribution < -0.4 is 5.32 Å². The first-order valence-electron chi connectivity index (χ1n) is 9.54. The van der Waals surface area contributed by atoms with Gasteiger partial charge in [-0.3, -0.25) is 4.79 Å². The summed E-state index contributed by atoms with van der Waals surface area (Å²) < 4.78 is 5.21. The van der Waals surface area contributed by atoms with Gasteiger partial charge in [-0.15, -0.1) is 11.8 Å². The van der Waals surface area contributed by atoms with Gasteiger partial charge in [-0.05, 0) is 57.8 Å². The zero-order valence-corrected chi connectivity index (χ0v) is 17.1. The summed E-state index contributed by atoms with van der Waals surface area (Å²) >= 11 is 1.54. The summed E-state index contributed by atoms with van der Waals surface area (Å²) in [6, 6.07) is 3.64. The van der Waals surface area contributed by atoms with Crippen molar-refractivity contribution in [1.82, 2.24) is 20.4 Å². The van der Waals surface area contributed by atoms with E-state index in [1.54, 1.807) is 24.0 Å². The molecule has 2 aromatic rings. The number of carbonyl (C=O) groups is 1. The van der Waals surface area contributed by atoms with Crippen molar-refractivity contribution in [3.8, 4) is 0 Å². The van der Waals surface area contributed by atoms with Crippen molar-refractivity contribution in [3.05, 3.63) is 40.9 Å². The number of thioether (sulfide) groups is 1. The topological polar surface area (TPSA) is 71.3 Å². The summed E-state index contributed by atoms with van der Waals surface area (Å²) in [7, 11) is 0. The number of piperidine rings is 1. The van der Waals surface area contributed by atoms with Crippen LogP contribution in [-0.2, 0) is 5.75 Å². The van der Waals surface area contributed by atoms with Gasteiger partial charge in [0.1, 0.15) is 10.8 Å². The molecular weight excluding hydrogens is 360 g/mol. The highest BCUT2D eigenvalue weighted by molar-refractivity contribution is 7.98. The molecule has 3 rings (SSSR count). The first kappa shape index (κ1) is 19.9. The number of aromatic nitrogens is 2. The number of likely N-dealkylation sites (tertiary alicyclic amines) is 1. The Morgan fingerprint density at radius 1 is 1.37 bits per heavy atom. The van der Waals surface area contributed by atoms with E-state index in [0.29, 0.717) is 17.9 Å².